The summed E-state index contributed by atoms with van der Waals surface area (Å²) in [6.45, 7) is 4.98. The fourth-order valence-corrected chi connectivity index (χ4v) is 7.70. The molecule has 3 N–H and O–H groups in total. The maximum absolute atomic E-state index is 13.5. The van der Waals surface area contributed by atoms with Crippen molar-refractivity contribution in [2.24, 2.45) is 0 Å². The van der Waals surface area contributed by atoms with Crippen molar-refractivity contribution in [3.05, 3.63) is 92.6 Å². The number of hydrogen-bond acceptors (Lipinski definition) is 14. The molecule has 0 aliphatic carbocycles. The monoisotopic (exact) mass is 713 g/mol. The van der Waals surface area contributed by atoms with Crippen molar-refractivity contribution in [2.75, 3.05) is 0 Å². The fourth-order valence-electron chi connectivity index (χ4n) is 7.70. The minimum Gasteiger partial charge on any atom is -0.848 e. The zero-order valence-electron chi connectivity index (χ0n) is 28.0. The summed E-state index contributed by atoms with van der Waals surface area (Å²) in [5.74, 6) is -0.328. The predicted molar refractivity (Wildman–Crippen MR) is 180 cm³/mol. The van der Waals surface area contributed by atoms with Crippen molar-refractivity contribution >= 4 is 43.5 Å². The molecule has 14 nitrogen and oxygen atoms in total. The summed E-state index contributed by atoms with van der Waals surface area (Å²) in [5, 5.41) is 46.4. The van der Waals surface area contributed by atoms with Crippen molar-refractivity contribution < 1.29 is 57.7 Å². The molecule has 9 rings (SSSR count). The SMILES string of the molecule is Cc1ccc2oc(=O)c3c(O)c4cccc(O[C@H]5O[C@@H](C)[C@@H]6OC(c7ccccc7)OC6C5O[C@H]5OC(C)[C@H](O)C([O-])C5O)c4c4oc(=O)c1c2c34. The summed E-state index contributed by atoms with van der Waals surface area (Å²) in [6.07, 6.45) is -13.1. The summed E-state index contributed by atoms with van der Waals surface area (Å²) in [6, 6.07) is 17.1. The van der Waals surface area contributed by atoms with E-state index >= 15 is 0 Å². The molecule has 6 aromatic rings. The normalized spacial score (nSPS) is 32.2. The molecule has 0 spiro atoms. The van der Waals surface area contributed by atoms with Crippen LogP contribution in [-0.2, 0) is 23.7 Å². The number of aliphatic hydroxyl groups excluding tert-OH is 2. The molecule has 14 heteroatoms. The number of rotatable bonds is 5. The lowest BCUT2D eigenvalue weighted by atomic mass is 9.95. The van der Waals surface area contributed by atoms with Gasteiger partial charge in [0.25, 0.3) is 0 Å². The van der Waals surface area contributed by atoms with Gasteiger partial charge in [-0.15, -0.1) is 0 Å². The first-order chi connectivity index (χ1) is 25.0. The molecule has 0 amide bonds. The second-order valence-corrected chi connectivity index (χ2v) is 13.5. The number of fused-ring (bicyclic) bond motifs is 3. The number of phenols is 1. The summed E-state index contributed by atoms with van der Waals surface area (Å²) < 4.78 is 49.2. The first-order valence-electron chi connectivity index (χ1n) is 16.9. The smallest absolute Gasteiger partial charge is 0.348 e. The molecule has 0 radical (unpaired) electrons. The lowest BCUT2D eigenvalue weighted by Gasteiger charge is -2.48. The molecule has 270 valence electrons. The van der Waals surface area contributed by atoms with Gasteiger partial charge in [-0.25, -0.2) is 9.59 Å². The van der Waals surface area contributed by atoms with E-state index in [0.29, 0.717) is 10.9 Å². The second kappa shape index (κ2) is 12.2. The third-order valence-corrected chi connectivity index (χ3v) is 10.3. The number of benzene rings is 4. The van der Waals surface area contributed by atoms with E-state index in [0.717, 1.165) is 5.56 Å². The molecule has 3 aliphatic heterocycles. The minimum absolute atomic E-state index is 0.0220. The van der Waals surface area contributed by atoms with E-state index < -0.39 is 84.7 Å². The van der Waals surface area contributed by atoms with Gasteiger partial charge < -0.3 is 57.7 Å². The zero-order chi connectivity index (χ0) is 36.2. The van der Waals surface area contributed by atoms with Gasteiger partial charge in [-0.2, -0.15) is 0 Å². The molecule has 0 bridgehead atoms. The van der Waals surface area contributed by atoms with Crippen LogP contribution in [0.3, 0.4) is 0 Å². The number of aliphatic hydroxyl groups is 2. The highest BCUT2D eigenvalue weighted by molar-refractivity contribution is 6.28. The molecule has 2 aromatic heterocycles. The summed E-state index contributed by atoms with van der Waals surface area (Å²) in [7, 11) is 0. The van der Waals surface area contributed by atoms with E-state index in [1.807, 2.05) is 30.3 Å². The van der Waals surface area contributed by atoms with Crippen LogP contribution >= 0.6 is 0 Å². The molecular weight excluding hydrogens is 680 g/mol. The van der Waals surface area contributed by atoms with E-state index in [1.165, 1.54) is 13.0 Å². The van der Waals surface area contributed by atoms with Gasteiger partial charge in [0.15, 0.2) is 24.3 Å². The Kier molecular flexibility index (Phi) is 7.80. The van der Waals surface area contributed by atoms with E-state index in [-0.39, 0.29) is 43.8 Å². The third kappa shape index (κ3) is 4.94. The standard InChI is InChI=1S/C38H33O14/c1-14-12-13-20-23-21(14)34(43)49-31-22-18(27(40)25(24(23)31)35(44)47-20)10-7-11-19(22)48-38-33(52-37-29(42)28(41)26(39)15(2)45-37)32-30(16(3)46-38)50-36(51-32)17-8-5-4-6-9-17/h4-13,15-16,26,28-30,32-33,36-40,42H,1-3H3/q-1/t15?,16-,26-,28?,29?,30-,32?,33?,36?,37+,38+/m0/s1. The molecule has 6 unspecified atom stereocenters. The van der Waals surface area contributed by atoms with Crippen LogP contribution in [-0.4, -0.2) is 76.7 Å². The highest BCUT2D eigenvalue weighted by atomic mass is 16.8. The quantitative estimate of drug-likeness (QED) is 0.134. The van der Waals surface area contributed by atoms with Crippen LogP contribution in [0.1, 0.15) is 31.3 Å². The van der Waals surface area contributed by atoms with Gasteiger partial charge in [0.05, 0.1) is 35.2 Å². The summed E-state index contributed by atoms with van der Waals surface area (Å²) >= 11 is 0. The Hall–Kier alpha value is -4.64. The van der Waals surface area contributed by atoms with Gasteiger partial charge in [-0.1, -0.05) is 54.6 Å². The van der Waals surface area contributed by atoms with Gasteiger partial charge in [-0.3, -0.25) is 0 Å². The van der Waals surface area contributed by atoms with Crippen molar-refractivity contribution in [1.82, 2.24) is 0 Å². The topological polar surface area (TPSA) is 200 Å². The van der Waals surface area contributed by atoms with Crippen LogP contribution in [0.5, 0.6) is 11.5 Å². The van der Waals surface area contributed by atoms with Gasteiger partial charge in [-0.05, 0) is 38.5 Å². The number of phenolic OH excluding ortho intramolecular Hbond substituents is 1. The van der Waals surface area contributed by atoms with E-state index in [9.17, 15) is 30.0 Å². The highest BCUT2D eigenvalue weighted by Crippen LogP contribution is 2.47. The van der Waals surface area contributed by atoms with Crippen LogP contribution in [0.4, 0.5) is 0 Å². The third-order valence-electron chi connectivity index (χ3n) is 10.3. The first-order valence-corrected chi connectivity index (χ1v) is 16.9. The lowest BCUT2D eigenvalue weighted by molar-refractivity contribution is -0.490. The van der Waals surface area contributed by atoms with Gasteiger partial charge in [0, 0.05) is 21.7 Å². The van der Waals surface area contributed by atoms with Crippen molar-refractivity contribution in [3.8, 4) is 11.5 Å². The Balaban J connectivity index is 1.19. The molecule has 3 fully saturated rings. The highest BCUT2D eigenvalue weighted by Gasteiger charge is 2.55. The average Bonchev–Trinajstić information content (AvgIpc) is 3.59. The van der Waals surface area contributed by atoms with E-state index in [1.54, 1.807) is 38.1 Å². The Bertz CT molecular complexity index is 2440. The second-order valence-electron chi connectivity index (χ2n) is 13.5. The molecule has 3 aliphatic rings. The van der Waals surface area contributed by atoms with E-state index in [2.05, 4.69) is 0 Å². The van der Waals surface area contributed by atoms with Crippen LogP contribution in [0.15, 0.2) is 79.1 Å². The van der Waals surface area contributed by atoms with Crippen LogP contribution < -0.4 is 21.1 Å². The van der Waals surface area contributed by atoms with Gasteiger partial charge in [0.2, 0.25) is 6.29 Å². The van der Waals surface area contributed by atoms with Gasteiger partial charge >= 0.3 is 11.3 Å². The predicted octanol–water partition coefficient (Wildman–Crippen LogP) is 2.84. The molecule has 52 heavy (non-hydrogen) atoms. The van der Waals surface area contributed by atoms with Crippen LogP contribution in [0, 0.1) is 6.92 Å². The lowest BCUT2D eigenvalue weighted by Crippen LogP contribution is -2.65. The summed E-state index contributed by atoms with van der Waals surface area (Å²) in [4.78, 5) is 26.8. The number of ether oxygens (including phenoxy) is 6. The maximum Gasteiger partial charge on any atom is 0.348 e. The molecule has 4 aromatic carbocycles. The molecule has 0 saturated carbocycles. The van der Waals surface area contributed by atoms with Gasteiger partial charge in [0.1, 0.15) is 34.7 Å². The fraction of sp³-hybridized carbons (Fsp3) is 0.368. The Morgan fingerprint density at radius 3 is 2.23 bits per heavy atom. The maximum atomic E-state index is 13.5. The van der Waals surface area contributed by atoms with Crippen LogP contribution in [0.2, 0.25) is 0 Å². The Morgan fingerprint density at radius 1 is 0.712 bits per heavy atom. The molecule has 11 atom stereocenters. The largest absolute Gasteiger partial charge is 0.848 e. The van der Waals surface area contributed by atoms with Crippen molar-refractivity contribution in [1.29, 1.82) is 0 Å². The van der Waals surface area contributed by atoms with Crippen LogP contribution in [0.25, 0.3) is 43.5 Å². The first kappa shape index (κ1) is 33.2. The molecule has 3 saturated heterocycles. The van der Waals surface area contributed by atoms with Crippen molar-refractivity contribution in [2.45, 2.75) is 88.5 Å². The number of aryl methyl sites for hydroxylation is 1. The van der Waals surface area contributed by atoms with E-state index in [4.69, 9.17) is 37.3 Å². The average molecular weight is 714 g/mol. The van der Waals surface area contributed by atoms with Crippen molar-refractivity contribution in [3.63, 3.8) is 0 Å². The minimum atomic E-state index is -1.83. The molecule has 5 heterocycles. The Labute approximate surface area is 293 Å². The number of aromatic hydroxyl groups is 1. The number of hydrogen-bond donors (Lipinski definition) is 3. The zero-order valence-corrected chi connectivity index (χ0v) is 28.0. The Morgan fingerprint density at radius 2 is 1.44 bits per heavy atom. The summed E-state index contributed by atoms with van der Waals surface area (Å²) in [5.41, 5.74) is -0.0662. The molecular formula is C38H33O14-.